The maximum atomic E-state index is 5.96. The zero-order chi connectivity index (χ0) is 16.0. The lowest BCUT2D eigenvalue weighted by Gasteiger charge is -2.44. The van der Waals surface area contributed by atoms with Gasteiger partial charge in [0.15, 0.2) is 5.96 Å². The highest BCUT2D eigenvalue weighted by Gasteiger charge is 2.32. The van der Waals surface area contributed by atoms with Gasteiger partial charge in [0.05, 0.1) is 13.2 Å². The van der Waals surface area contributed by atoms with Gasteiger partial charge in [0, 0.05) is 31.8 Å². The Hall–Kier alpha value is -0.0800. The number of aliphatic imine (C=N–C) groups is 1. The lowest BCUT2D eigenvalue weighted by atomic mass is 9.88. The second kappa shape index (κ2) is 9.93. The van der Waals surface area contributed by atoms with E-state index in [9.17, 15) is 0 Å². The highest BCUT2D eigenvalue weighted by atomic mass is 127. The second-order valence-corrected chi connectivity index (χ2v) is 7.37. The summed E-state index contributed by atoms with van der Waals surface area (Å²) in [5.74, 6) is 2.02. The standard InChI is InChI=1S/C16H34N4O.HI/c1-12-7-13(2)9-20(8-12)16(4,5)11-18-15(17)19-14(3)10-21-6;/h12-14H,7-11H2,1-6H3,(H3,17,18,19);1H. The number of nitrogens with zero attached hydrogens (tertiary/aromatic N) is 2. The van der Waals surface area contributed by atoms with Gasteiger partial charge in [-0.25, -0.2) is 0 Å². The Kier molecular flexibility index (Phi) is 9.89. The molecule has 0 aliphatic carbocycles. The molecule has 1 rings (SSSR count). The molecule has 132 valence electrons. The van der Waals surface area contributed by atoms with Crippen molar-refractivity contribution in [2.75, 3.05) is 33.4 Å². The van der Waals surface area contributed by atoms with Crippen LogP contribution in [0.2, 0.25) is 0 Å². The number of nitrogens with two attached hydrogens (primary N) is 1. The van der Waals surface area contributed by atoms with Gasteiger partial charge in [-0.3, -0.25) is 9.89 Å². The van der Waals surface area contributed by atoms with Gasteiger partial charge in [0.2, 0.25) is 0 Å². The fourth-order valence-corrected chi connectivity index (χ4v) is 3.13. The molecule has 3 atom stereocenters. The summed E-state index contributed by atoms with van der Waals surface area (Å²) in [6.45, 7) is 14.9. The van der Waals surface area contributed by atoms with Gasteiger partial charge in [-0.2, -0.15) is 0 Å². The van der Waals surface area contributed by atoms with Crippen LogP contribution in [0.4, 0.5) is 0 Å². The average Bonchev–Trinajstić information content (AvgIpc) is 2.35. The Labute approximate surface area is 153 Å². The van der Waals surface area contributed by atoms with Crippen LogP contribution >= 0.6 is 24.0 Å². The van der Waals surface area contributed by atoms with Gasteiger partial charge < -0.3 is 15.8 Å². The van der Waals surface area contributed by atoms with Crippen molar-refractivity contribution < 1.29 is 4.74 Å². The molecule has 1 aliphatic heterocycles. The number of hydrogen-bond donors (Lipinski definition) is 2. The summed E-state index contributed by atoms with van der Waals surface area (Å²) >= 11 is 0. The number of ether oxygens (including phenoxy) is 1. The minimum Gasteiger partial charge on any atom is -0.383 e. The van der Waals surface area contributed by atoms with Crippen LogP contribution in [0.3, 0.4) is 0 Å². The van der Waals surface area contributed by atoms with Crippen molar-refractivity contribution in [1.29, 1.82) is 0 Å². The van der Waals surface area contributed by atoms with Gasteiger partial charge >= 0.3 is 0 Å². The van der Waals surface area contributed by atoms with E-state index >= 15 is 0 Å². The third-order valence-electron chi connectivity index (χ3n) is 4.17. The van der Waals surface area contributed by atoms with Crippen LogP contribution in [0.1, 0.15) is 41.0 Å². The fourth-order valence-electron chi connectivity index (χ4n) is 3.13. The number of piperidine rings is 1. The molecule has 6 heteroatoms. The van der Waals surface area contributed by atoms with E-state index in [1.165, 1.54) is 6.42 Å². The van der Waals surface area contributed by atoms with Crippen molar-refractivity contribution in [3.8, 4) is 0 Å². The molecule has 3 unspecified atom stereocenters. The van der Waals surface area contributed by atoms with E-state index in [-0.39, 0.29) is 35.6 Å². The Morgan fingerprint density at radius 3 is 2.41 bits per heavy atom. The maximum absolute atomic E-state index is 5.96. The first kappa shape index (κ1) is 21.9. The molecular formula is C16H35IN4O. The molecule has 22 heavy (non-hydrogen) atoms. The molecule has 0 aromatic carbocycles. The van der Waals surface area contributed by atoms with Gasteiger partial charge in [-0.05, 0) is 39.0 Å². The summed E-state index contributed by atoms with van der Waals surface area (Å²) in [7, 11) is 1.69. The molecule has 1 fully saturated rings. The minimum atomic E-state index is 0. The van der Waals surface area contributed by atoms with Crippen molar-refractivity contribution in [1.82, 2.24) is 10.2 Å². The molecule has 3 N–H and O–H groups in total. The van der Waals surface area contributed by atoms with E-state index < -0.39 is 0 Å². The number of methoxy groups -OCH3 is 1. The number of likely N-dealkylation sites (tertiary alicyclic amines) is 1. The van der Waals surface area contributed by atoms with Gasteiger partial charge in [-0.1, -0.05) is 13.8 Å². The normalized spacial score (nSPS) is 25.5. The smallest absolute Gasteiger partial charge is 0.188 e. The summed E-state index contributed by atoms with van der Waals surface area (Å²) in [6.07, 6.45) is 1.33. The SMILES string of the molecule is COCC(C)NC(N)=NCC(C)(C)N1CC(C)CC(C)C1.I. The van der Waals surface area contributed by atoms with Crippen LogP contribution in [0, 0.1) is 11.8 Å². The summed E-state index contributed by atoms with van der Waals surface area (Å²) in [6, 6.07) is 0.178. The molecule has 1 heterocycles. The molecule has 0 radical (unpaired) electrons. The van der Waals surface area contributed by atoms with E-state index in [2.05, 4.69) is 42.9 Å². The van der Waals surface area contributed by atoms with Crippen LogP contribution < -0.4 is 11.1 Å². The fraction of sp³-hybridized carbons (Fsp3) is 0.938. The number of halogens is 1. The highest BCUT2D eigenvalue weighted by Crippen LogP contribution is 2.27. The van der Waals surface area contributed by atoms with E-state index in [0.29, 0.717) is 19.1 Å². The molecule has 5 nitrogen and oxygen atoms in total. The lowest BCUT2D eigenvalue weighted by Crippen LogP contribution is -2.53. The van der Waals surface area contributed by atoms with Crippen LogP contribution in [-0.4, -0.2) is 55.8 Å². The highest BCUT2D eigenvalue weighted by molar-refractivity contribution is 14.0. The average molecular weight is 426 g/mol. The summed E-state index contributed by atoms with van der Waals surface area (Å²) in [5, 5.41) is 3.16. The molecule has 0 saturated carbocycles. The number of guanidine groups is 1. The maximum Gasteiger partial charge on any atom is 0.188 e. The Balaban J connectivity index is 0.00000441. The van der Waals surface area contributed by atoms with Crippen LogP contribution in [-0.2, 0) is 4.74 Å². The van der Waals surface area contributed by atoms with E-state index in [1.807, 2.05) is 6.92 Å². The van der Waals surface area contributed by atoms with Crippen molar-refractivity contribution in [3.63, 3.8) is 0 Å². The molecule has 0 amide bonds. The minimum absolute atomic E-state index is 0. The predicted molar refractivity (Wildman–Crippen MR) is 105 cm³/mol. The van der Waals surface area contributed by atoms with E-state index in [4.69, 9.17) is 10.5 Å². The molecular weight excluding hydrogens is 391 g/mol. The zero-order valence-corrected chi connectivity index (χ0v) is 17.4. The third kappa shape index (κ3) is 7.46. The summed E-state index contributed by atoms with van der Waals surface area (Å²) in [4.78, 5) is 7.09. The van der Waals surface area contributed by atoms with Crippen LogP contribution in [0.25, 0.3) is 0 Å². The zero-order valence-electron chi connectivity index (χ0n) is 15.1. The predicted octanol–water partition coefficient (Wildman–Crippen LogP) is 2.30. The number of rotatable bonds is 6. The number of hydrogen-bond acceptors (Lipinski definition) is 3. The molecule has 0 bridgehead atoms. The van der Waals surface area contributed by atoms with Gasteiger partial charge in [-0.15, -0.1) is 24.0 Å². The number of nitrogens with one attached hydrogen (secondary N) is 1. The Morgan fingerprint density at radius 1 is 1.36 bits per heavy atom. The first-order valence-electron chi connectivity index (χ1n) is 8.05. The quantitative estimate of drug-likeness (QED) is 0.389. The van der Waals surface area contributed by atoms with Gasteiger partial charge in [0.25, 0.3) is 0 Å². The van der Waals surface area contributed by atoms with Crippen molar-refractivity contribution in [2.24, 2.45) is 22.6 Å². The first-order chi connectivity index (χ1) is 9.74. The Bertz CT molecular complexity index is 339. The summed E-state index contributed by atoms with van der Waals surface area (Å²) in [5.41, 5.74) is 6.00. The van der Waals surface area contributed by atoms with Crippen molar-refractivity contribution >= 4 is 29.9 Å². The van der Waals surface area contributed by atoms with Crippen LogP contribution in [0.15, 0.2) is 4.99 Å². The molecule has 1 aliphatic rings. The topological polar surface area (TPSA) is 62.9 Å². The second-order valence-electron chi connectivity index (χ2n) is 7.37. The molecule has 1 saturated heterocycles. The monoisotopic (exact) mass is 426 g/mol. The molecule has 0 aromatic rings. The molecule has 0 aromatic heterocycles. The van der Waals surface area contributed by atoms with Crippen LogP contribution in [0.5, 0.6) is 0 Å². The largest absolute Gasteiger partial charge is 0.383 e. The van der Waals surface area contributed by atoms with Crippen molar-refractivity contribution in [2.45, 2.75) is 52.6 Å². The third-order valence-corrected chi connectivity index (χ3v) is 4.17. The van der Waals surface area contributed by atoms with E-state index in [0.717, 1.165) is 24.9 Å². The Morgan fingerprint density at radius 2 is 1.91 bits per heavy atom. The van der Waals surface area contributed by atoms with E-state index in [1.54, 1.807) is 7.11 Å². The summed E-state index contributed by atoms with van der Waals surface area (Å²) < 4.78 is 5.09. The first-order valence-corrected chi connectivity index (χ1v) is 8.05. The molecule has 0 spiro atoms. The van der Waals surface area contributed by atoms with Gasteiger partial charge in [0.1, 0.15) is 0 Å². The van der Waals surface area contributed by atoms with Crippen molar-refractivity contribution in [3.05, 3.63) is 0 Å². The lowest BCUT2D eigenvalue weighted by molar-refractivity contribution is 0.0512.